The Morgan fingerprint density at radius 1 is 1.62 bits per heavy atom. The van der Waals surface area contributed by atoms with Crippen LogP contribution in [0.5, 0.6) is 0 Å². The van der Waals surface area contributed by atoms with Crippen LogP contribution in [0, 0.1) is 0 Å². The monoisotopic (exact) mass is 188 g/mol. The third-order valence-corrected chi connectivity index (χ3v) is 2.00. The largest absolute Gasteiger partial charge is 0.372 e. The van der Waals surface area contributed by atoms with Crippen molar-refractivity contribution in [1.29, 1.82) is 0 Å². The predicted molar refractivity (Wildman–Crippen MR) is 52.7 cm³/mol. The minimum Gasteiger partial charge on any atom is -0.372 e. The van der Waals surface area contributed by atoms with Crippen molar-refractivity contribution in [2.75, 3.05) is 34.3 Å². The zero-order valence-electron chi connectivity index (χ0n) is 8.96. The molecule has 1 N–H and O–H groups in total. The highest BCUT2D eigenvalue weighted by Crippen LogP contribution is 1.96. The summed E-state index contributed by atoms with van der Waals surface area (Å²) in [6.07, 6.45) is 0.634. The summed E-state index contributed by atoms with van der Waals surface area (Å²) < 4.78 is 4.93. The highest BCUT2D eigenvalue weighted by molar-refractivity contribution is 5.80. The first-order valence-corrected chi connectivity index (χ1v) is 4.55. The quantitative estimate of drug-likeness (QED) is 0.601. The first kappa shape index (κ1) is 12.4. The smallest absolute Gasteiger partial charge is 0.251 e. The van der Waals surface area contributed by atoms with Gasteiger partial charge >= 0.3 is 0 Å². The lowest BCUT2D eigenvalue weighted by atomic mass is 10.3. The summed E-state index contributed by atoms with van der Waals surface area (Å²) in [5.74, 6) is 0.0404. The number of hydrogen-bond donors (Lipinski definition) is 1. The van der Waals surface area contributed by atoms with Crippen molar-refractivity contribution in [3.8, 4) is 0 Å². The first-order valence-electron chi connectivity index (χ1n) is 4.55. The highest BCUT2D eigenvalue weighted by Gasteiger charge is 2.15. The molecule has 0 aliphatic carbocycles. The molecule has 0 aromatic heterocycles. The van der Waals surface area contributed by atoms with Gasteiger partial charge in [0.05, 0.1) is 0 Å². The Morgan fingerprint density at radius 2 is 2.23 bits per heavy atom. The number of rotatable bonds is 6. The lowest BCUT2D eigenvalue weighted by Crippen LogP contribution is -2.37. The number of methoxy groups -OCH3 is 1. The van der Waals surface area contributed by atoms with Gasteiger partial charge in [-0.15, -0.1) is 0 Å². The Hall–Kier alpha value is -0.610. The summed E-state index contributed by atoms with van der Waals surface area (Å²) >= 11 is 0. The van der Waals surface area contributed by atoms with E-state index >= 15 is 0 Å². The van der Waals surface area contributed by atoms with E-state index in [1.807, 2.05) is 7.05 Å². The second-order valence-electron chi connectivity index (χ2n) is 3.09. The fraction of sp³-hybridized carbons (Fsp3) is 0.889. The van der Waals surface area contributed by atoms with Gasteiger partial charge in [0.1, 0.15) is 6.10 Å². The summed E-state index contributed by atoms with van der Waals surface area (Å²) in [5, 5.41) is 3.04. The van der Waals surface area contributed by atoms with E-state index in [2.05, 4.69) is 5.32 Å². The van der Waals surface area contributed by atoms with Gasteiger partial charge < -0.3 is 15.0 Å². The molecule has 1 atom stereocenters. The second-order valence-corrected chi connectivity index (χ2v) is 3.09. The molecule has 0 fully saturated rings. The topological polar surface area (TPSA) is 41.6 Å². The molecule has 0 aromatic rings. The lowest BCUT2D eigenvalue weighted by Gasteiger charge is -2.20. The number of nitrogens with one attached hydrogen (secondary N) is 1. The number of ether oxygens (including phenoxy) is 1. The molecule has 1 amide bonds. The molecule has 1 unspecified atom stereocenters. The van der Waals surface area contributed by atoms with E-state index in [0.717, 1.165) is 19.5 Å². The fourth-order valence-electron chi connectivity index (χ4n) is 1.01. The molecule has 4 nitrogen and oxygen atoms in total. The van der Waals surface area contributed by atoms with E-state index < -0.39 is 0 Å². The van der Waals surface area contributed by atoms with Crippen LogP contribution in [0.15, 0.2) is 0 Å². The molecule has 0 aliphatic rings. The van der Waals surface area contributed by atoms with Crippen LogP contribution in [0.4, 0.5) is 0 Å². The lowest BCUT2D eigenvalue weighted by molar-refractivity contribution is -0.139. The van der Waals surface area contributed by atoms with Crippen molar-refractivity contribution in [2.45, 2.75) is 19.4 Å². The van der Waals surface area contributed by atoms with Crippen LogP contribution in [-0.2, 0) is 9.53 Å². The Kier molecular flexibility index (Phi) is 6.54. The van der Waals surface area contributed by atoms with Crippen LogP contribution in [-0.4, -0.2) is 51.2 Å². The Morgan fingerprint density at radius 3 is 2.69 bits per heavy atom. The number of carbonyl (C=O) groups is 1. The van der Waals surface area contributed by atoms with Gasteiger partial charge in [-0.2, -0.15) is 0 Å². The van der Waals surface area contributed by atoms with Crippen molar-refractivity contribution < 1.29 is 9.53 Å². The summed E-state index contributed by atoms with van der Waals surface area (Å²) in [5.41, 5.74) is 0. The van der Waals surface area contributed by atoms with Crippen LogP contribution in [0.1, 0.15) is 13.3 Å². The average molecular weight is 188 g/mol. The minimum atomic E-state index is -0.334. The van der Waals surface area contributed by atoms with Gasteiger partial charge in [-0.25, -0.2) is 0 Å². The maximum absolute atomic E-state index is 11.4. The molecule has 78 valence electrons. The molecule has 0 aromatic carbocycles. The molecule has 0 spiro atoms. The van der Waals surface area contributed by atoms with E-state index in [1.165, 1.54) is 0 Å². The summed E-state index contributed by atoms with van der Waals surface area (Å²) in [7, 11) is 5.25. The zero-order valence-corrected chi connectivity index (χ0v) is 8.96. The Balaban J connectivity index is 3.69. The third-order valence-electron chi connectivity index (χ3n) is 2.00. The molecule has 0 radical (unpaired) electrons. The van der Waals surface area contributed by atoms with Crippen LogP contribution < -0.4 is 5.32 Å². The van der Waals surface area contributed by atoms with E-state index in [9.17, 15) is 4.79 Å². The van der Waals surface area contributed by atoms with Gasteiger partial charge in [-0.1, -0.05) is 0 Å². The third kappa shape index (κ3) is 4.85. The number of hydrogen-bond acceptors (Lipinski definition) is 3. The Bertz CT molecular complexity index is 151. The molecular weight excluding hydrogens is 168 g/mol. The molecule has 4 heteroatoms. The summed E-state index contributed by atoms with van der Waals surface area (Å²) in [6.45, 7) is 3.46. The van der Waals surface area contributed by atoms with E-state index in [0.29, 0.717) is 0 Å². The van der Waals surface area contributed by atoms with E-state index in [4.69, 9.17) is 4.74 Å². The SMILES string of the molecule is CNCCCN(C)C(=O)C(C)OC. The number of likely N-dealkylation sites (N-methyl/N-ethyl adjacent to an activating group) is 1. The number of nitrogens with zero attached hydrogens (tertiary/aromatic N) is 1. The highest BCUT2D eigenvalue weighted by atomic mass is 16.5. The molecule has 0 aliphatic heterocycles. The van der Waals surface area contributed by atoms with Crippen molar-refractivity contribution in [3.05, 3.63) is 0 Å². The molecule has 13 heavy (non-hydrogen) atoms. The minimum absolute atomic E-state index is 0.0404. The maximum Gasteiger partial charge on any atom is 0.251 e. The standard InChI is InChI=1S/C9H20N2O2/c1-8(13-4)9(12)11(3)7-5-6-10-2/h8,10H,5-7H2,1-4H3. The summed E-state index contributed by atoms with van der Waals surface area (Å²) in [6, 6.07) is 0. The van der Waals surface area contributed by atoms with Gasteiger partial charge in [-0.05, 0) is 26.9 Å². The Labute approximate surface area is 80.2 Å². The first-order chi connectivity index (χ1) is 6.13. The van der Waals surface area contributed by atoms with Crippen LogP contribution in [0.2, 0.25) is 0 Å². The van der Waals surface area contributed by atoms with Gasteiger partial charge in [0.15, 0.2) is 0 Å². The zero-order chi connectivity index (χ0) is 10.3. The van der Waals surface area contributed by atoms with E-state index in [1.54, 1.807) is 26.0 Å². The van der Waals surface area contributed by atoms with Gasteiger partial charge in [0, 0.05) is 20.7 Å². The average Bonchev–Trinajstić information content (AvgIpc) is 2.15. The summed E-state index contributed by atoms with van der Waals surface area (Å²) in [4.78, 5) is 13.1. The van der Waals surface area contributed by atoms with Crippen LogP contribution in [0.3, 0.4) is 0 Å². The van der Waals surface area contributed by atoms with Gasteiger partial charge in [0.25, 0.3) is 5.91 Å². The van der Waals surface area contributed by atoms with E-state index in [-0.39, 0.29) is 12.0 Å². The maximum atomic E-state index is 11.4. The second kappa shape index (κ2) is 6.86. The predicted octanol–water partition coefficient (Wildman–Crippen LogP) is 0.0892. The van der Waals surface area contributed by atoms with Crippen molar-refractivity contribution in [3.63, 3.8) is 0 Å². The van der Waals surface area contributed by atoms with Gasteiger partial charge in [0.2, 0.25) is 0 Å². The fourth-order valence-corrected chi connectivity index (χ4v) is 1.01. The molecule has 0 bridgehead atoms. The number of amides is 1. The van der Waals surface area contributed by atoms with Crippen LogP contribution >= 0.6 is 0 Å². The molecule has 0 saturated carbocycles. The normalized spacial score (nSPS) is 12.6. The van der Waals surface area contributed by atoms with Crippen LogP contribution in [0.25, 0.3) is 0 Å². The molecule has 0 rings (SSSR count). The van der Waals surface area contributed by atoms with Crippen molar-refractivity contribution >= 4 is 5.91 Å². The van der Waals surface area contributed by atoms with Crippen molar-refractivity contribution in [2.24, 2.45) is 0 Å². The molecule has 0 heterocycles. The molecular formula is C9H20N2O2. The molecule has 0 saturated heterocycles. The van der Waals surface area contributed by atoms with Gasteiger partial charge in [-0.3, -0.25) is 4.79 Å². The number of carbonyl (C=O) groups excluding carboxylic acids is 1. The van der Waals surface area contributed by atoms with Crippen molar-refractivity contribution in [1.82, 2.24) is 10.2 Å².